The Morgan fingerprint density at radius 2 is 2.07 bits per heavy atom. The Balaban J connectivity index is 0.000000706. The number of nitrogens with zero attached hydrogens (tertiary/aromatic N) is 2. The fourth-order valence-corrected chi connectivity index (χ4v) is 4.52. The quantitative estimate of drug-likeness (QED) is 0.613. The molecule has 0 bridgehead atoms. The zero-order valence-electron chi connectivity index (χ0n) is 16.1. The van der Waals surface area contributed by atoms with E-state index >= 15 is 0 Å². The molecule has 4 rings (SSSR count). The van der Waals surface area contributed by atoms with Crippen LogP contribution in [0.1, 0.15) is 32.6 Å². The summed E-state index contributed by atoms with van der Waals surface area (Å²) in [6.45, 7) is 3.50. The van der Waals surface area contributed by atoms with Crippen LogP contribution in [-0.2, 0) is 14.4 Å². The Morgan fingerprint density at radius 3 is 2.64 bits per heavy atom. The highest BCUT2D eigenvalue weighted by Crippen LogP contribution is 2.54. The summed E-state index contributed by atoms with van der Waals surface area (Å²) in [5, 5.41) is 9.79. The summed E-state index contributed by atoms with van der Waals surface area (Å²) in [4.78, 5) is 39.5. The molecule has 2 heterocycles. The number of pyridine rings is 1. The zero-order chi connectivity index (χ0) is 20.1. The molecule has 7 heteroatoms. The third kappa shape index (κ3) is 4.40. The topological polar surface area (TPSA) is 99.6 Å². The SMILES string of the molecule is CC1(C(=O)N2C[C@@H]3C(CC(=O)Nc4cccnc4)[C@@H]3C2)CC=CCC1.O=CO. The van der Waals surface area contributed by atoms with Gasteiger partial charge in [-0.3, -0.25) is 19.4 Å². The number of hydrogen-bond acceptors (Lipinski definition) is 4. The van der Waals surface area contributed by atoms with Crippen LogP contribution >= 0.6 is 0 Å². The molecule has 1 saturated carbocycles. The van der Waals surface area contributed by atoms with E-state index in [-0.39, 0.29) is 17.8 Å². The minimum Gasteiger partial charge on any atom is -0.483 e. The van der Waals surface area contributed by atoms with Gasteiger partial charge in [-0.25, -0.2) is 0 Å². The van der Waals surface area contributed by atoms with Gasteiger partial charge in [-0.2, -0.15) is 0 Å². The number of allylic oxidation sites excluding steroid dienone is 2. The monoisotopic (exact) mass is 385 g/mol. The van der Waals surface area contributed by atoms with Crippen molar-refractivity contribution in [1.29, 1.82) is 0 Å². The highest BCUT2D eigenvalue weighted by Gasteiger charge is 2.57. The predicted octanol–water partition coefficient (Wildman–Crippen LogP) is 2.56. The Labute approximate surface area is 164 Å². The Bertz CT molecular complexity index is 739. The molecule has 2 amide bonds. The van der Waals surface area contributed by atoms with E-state index in [0.717, 1.165) is 38.0 Å². The molecule has 7 nitrogen and oxygen atoms in total. The van der Waals surface area contributed by atoms with E-state index in [1.807, 2.05) is 17.0 Å². The molecule has 28 heavy (non-hydrogen) atoms. The average Bonchev–Trinajstić information content (AvgIpc) is 3.12. The van der Waals surface area contributed by atoms with Crippen molar-refractivity contribution >= 4 is 24.0 Å². The highest BCUT2D eigenvalue weighted by atomic mass is 16.3. The summed E-state index contributed by atoms with van der Waals surface area (Å²) in [5.41, 5.74) is 0.520. The van der Waals surface area contributed by atoms with E-state index < -0.39 is 0 Å². The first-order valence-corrected chi connectivity index (χ1v) is 9.70. The number of anilines is 1. The molecule has 1 saturated heterocycles. The predicted molar refractivity (Wildman–Crippen MR) is 104 cm³/mol. The minimum absolute atomic E-state index is 0.0506. The number of piperidine rings is 1. The molecule has 2 unspecified atom stereocenters. The number of carbonyl (C=O) groups excluding carboxylic acids is 2. The lowest BCUT2D eigenvalue weighted by molar-refractivity contribution is -0.141. The standard InChI is InChI=1S/C20H25N3O2.CH2O2/c1-20(7-3-2-4-8-20)19(25)23-12-16-15(17(16)13-23)10-18(24)22-14-6-5-9-21-11-14;2-1-3/h2-3,5-6,9,11,15-17H,4,7-8,10,12-13H2,1H3,(H,22,24);1H,(H,2,3)/t15?,16-,17+,20?;. The molecule has 1 aliphatic heterocycles. The molecule has 1 aromatic rings. The smallest absolute Gasteiger partial charge is 0.290 e. The second-order valence-corrected chi connectivity index (χ2v) is 8.08. The molecule has 4 atom stereocenters. The first-order chi connectivity index (χ1) is 13.5. The molecule has 0 aromatic carbocycles. The van der Waals surface area contributed by atoms with Crippen molar-refractivity contribution in [2.24, 2.45) is 23.2 Å². The van der Waals surface area contributed by atoms with E-state index in [2.05, 4.69) is 29.4 Å². The average molecular weight is 385 g/mol. The number of amides is 2. The minimum atomic E-state index is -0.250. The normalized spacial score (nSPS) is 29.9. The lowest BCUT2D eigenvalue weighted by Gasteiger charge is -2.34. The summed E-state index contributed by atoms with van der Waals surface area (Å²) in [6, 6.07) is 3.66. The largest absolute Gasteiger partial charge is 0.483 e. The van der Waals surface area contributed by atoms with Crippen LogP contribution < -0.4 is 5.32 Å². The first kappa shape index (κ1) is 20.0. The van der Waals surface area contributed by atoms with E-state index in [1.54, 1.807) is 12.4 Å². The van der Waals surface area contributed by atoms with Crippen molar-refractivity contribution in [3.63, 3.8) is 0 Å². The second-order valence-electron chi connectivity index (χ2n) is 8.08. The summed E-state index contributed by atoms with van der Waals surface area (Å²) in [6.07, 6.45) is 11.0. The molecule has 0 radical (unpaired) electrons. The fourth-order valence-electron chi connectivity index (χ4n) is 4.52. The second kappa shape index (κ2) is 8.54. The van der Waals surface area contributed by atoms with Gasteiger partial charge in [0.25, 0.3) is 6.47 Å². The number of hydrogen-bond donors (Lipinski definition) is 2. The molecule has 2 fully saturated rings. The third-order valence-electron chi connectivity index (χ3n) is 6.14. The van der Waals surface area contributed by atoms with Crippen LogP contribution in [0.15, 0.2) is 36.7 Å². The molecular formula is C21H27N3O4. The number of carbonyl (C=O) groups is 3. The zero-order valence-corrected chi connectivity index (χ0v) is 16.1. The van der Waals surface area contributed by atoms with Crippen molar-refractivity contribution in [3.8, 4) is 0 Å². The molecule has 2 aliphatic carbocycles. The Kier molecular flexibility index (Phi) is 6.11. The van der Waals surface area contributed by atoms with Crippen molar-refractivity contribution in [1.82, 2.24) is 9.88 Å². The van der Waals surface area contributed by atoms with E-state index in [1.165, 1.54) is 0 Å². The van der Waals surface area contributed by atoms with Gasteiger partial charge < -0.3 is 15.3 Å². The van der Waals surface area contributed by atoms with E-state index in [0.29, 0.717) is 30.1 Å². The van der Waals surface area contributed by atoms with E-state index in [9.17, 15) is 9.59 Å². The lowest BCUT2D eigenvalue weighted by atomic mass is 9.77. The maximum absolute atomic E-state index is 12.9. The molecule has 2 N–H and O–H groups in total. The van der Waals surface area contributed by atoms with Crippen LogP contribution in [0, 0.1) is 23.2 Å². The van der Waals surface area contributed by atoms with Gasteiger partial charge in [0.05, 0.1) is 17.3 Å². The fraction of sp³-hybridized carbons (Fsp3) is 0.524. The van der Waals surface area contributed by atoms with Crippen LogP contribution in [0.5, 0.6) is 0 Å². The molecule has 0 spiro atoms. The van der Waals surface area contributed by atoms with Crippen molar-refractivity contribution in [2.75, 3.05) is 18.4 Å². The van der Waals surface area contributed by atoms with Gasteiger partial charge in [-0.1, -0.05) is 19.1 Å². The Hall–Kier alpha value is -2.70. The van der Waals surface area contributed by atoms with Crippen LogP contribution in [-0.4, -0.2) is 46.4 Å². The van der Waals surface area contributed by atoms with Crippen molar-refractivity contribution in [3.05, 3.63) is 36.7 Å². The Morgan fingerprint density at radius 1 is 1.36 bits per heavy atom. The van der Waals surface area contributed by atoms with Gasteiger partial charge in [0, 0.05) is 25.7 Å². The maximum atomic E-state index is 12.9. The van der Waals surface area contributed by atoms with Crippen LogP contribution in [0.4, 0.5) is 5.69 Å². The molecule has 3 aliphatic rings. The van der Waals surface area contributed by atoms with Gasteiger partial charge in [0.15, 0.2) is 0 Å². The number of carboxylic acid groups (broad SMARTS) is 1. The van der Waals surface area contributed by atoms with Crippen molar-refractivity contribution < 1.29 is 19.5 Å². The third-order valence-corrected chi connectivity index (χ3v) is 6.14. The van der Waals surface area contributed by atoms with Crippen LogP contribution in [0.2, 0.25) is 0 Å². The van der Waals surface area contributed by atoms with Gasteiger partial charge in [0.1, 0.15) is 0 Å². The number of nitrogens with one attached hydrogen (secondary N) is 1. The van der Waals surface area contributed by atoms with Crippen LogP contribution in [0.3, 0.4) is 0 Å². The molecular weight excluding hydrogens is 358 g/mol. The number of aromatic nitrogens is 1. The van der Waals surface area contributed by atoms with Gasteiger partial charge >= 0.3 is 0 Å². The highest BCUT2D eigenvalue weighted by molar-refractivity contribution is 5.91. The lowest BCUT2D eigenvalue weighted by Crippen LogP contribution is -2.43. The summed E-state index contributed by atoms with van der Waals surface area (Å²) in [7, 11) is 0. The first-order valence-electron chi connectivity index (χ1n) is 9.70. The van der Waals surface area contributed by atoms with Gasteiger partial charge in [-0.15, -0.1) is 0 Å². The van der Waals surface area contributed by atoms with Crippen molar-refractivity contribution in [2.45, 2.75) is 32.6 Å². The molecule has 1 aromatic heterocycles. The summed E-state index contributed by atoms with van der Waals surface area (Å²) in [5.74, 6) is 1.80. The van der Waals surface area contributed by atoms with Crippen LogP contribution in [0.25, 0.3) is 0 Å². The maximum Gasteiger partial charge on any atom is 0.290 e. The van der Waals surface area contributed by atoms with E-state index in [4.69, 9.17) is 9.90 Å². The van der Waals surface area contributed by atoms with Gasteiger partial charge in [-0.05, 0) is 49.1 Å². The molecule has 150 valence electrons. The number of likely N-dealkylation sites (tertiary alicyclic amines) is 1. The number of fused-ring (bicyclic) bond motifs is 1. The summed E-state index contributed by atoms with van der Waals surface area (Å²) < 4.78 is 0. The summed E-state index contributed by atoms with van der Waals surface area (Å²) >= 11 is 0. The van der Waals surface area contributed by atoms with Gasteiger partial charge in [0.2, 0.25) is 11.8 Å². The number of rotatable bonds is 4.